The number of rotatable bonds is 4. The van der Waals surface area contributed by atoms with E-state index in [1.807, 2.05) is 11.0 Å². The lowest BCUT2D eigenvalue weighted by atomic mass is 10.0. The number of aromatic nitrogens is 3. The molecule has 4 rings (SSSR count). The van der Waals surface area contributed by atoms with Gasteiger partial charge in [-0.15, -0.1) is 0 Å². The maximum absolute atomic E-state index is 14.1. The van der Waals surface area contributed by atoms with Crippen LogP contribution in [0.5, 0.6) is 0 Å². The van der Waals surface area contributed by atoms with Gasteiger partial charge in [0.2, 0.25) is 0 Å². The number of nitrogens with zero attached hydrogens (tertiary/aromatic N) is 5. The molecule has 0 bridgehead atoms. The molecule has 0 aromatic carbocycles. The van der Waals surface area contributed by atoms with E-state index in [2.05, 4.69) is 35.8 Å². The summed E-state index contributed by atoms with van der Waals surface area (Å²) in [6.07, 6.45) is 9.49. The Morgan fingerprint density at radius 1 is 1.12 bits per heavy atom. The highest BCUT2D eigenvalue weighted by Gasteiger charge is 2.36. The maximum atomic E-state index is 14.1. The third-order valence-corrected chi connectivity index (χ3v) is 5.15. The minimum Gasteiger partial charge on any atom is -0.354 e. The molecule has 3 heterocycles. The van der Waals surface area contributed by atoms with E-state index in [0.29, 0.717) is 22.4 Å². The van der Waals surface area contributed by atoms with Gasteiger partial charge >= 0.3 is 0 Å². The monoisotopic (exact) mass is 391 g/mol. The lowest BCUT2D eigenvalue weighted by Crippen LogP contribution is -2.46. The van der Waals surface area contributed by atoms with Crippen LogP contribution in [0.3, 0.4) is 0 Å². The van der Waals surface area contributed by atoms with Gasteiger partial charge in [0.15, 0.2) is 11.6 Å². The zero-order valence-corrected chi connectivity index (χ0v) is 14.9. The van der Waals surface area contributed by atoms with Gasteiger partial charge in [-0.2, -0.15) is 0 Å². The highest BCUT2D eigenvalue weighted by atomic mass is 79.9. The highest BCUT2D eigenvalue weighted by molar-refractivity contribution is 9.10. The van der Waals surface area contributed by atoms with Crippen molar-refractivity contribution in [3.05, 3.63) is 41.1 Å². The second kappa shape index (κ2) is 6.63. The molecule has 0 spiro atoms. The SMILES string of the molecule is Fc1cc(Br)cnc1N1CCC(N(c2ccncn2)C2CC2)CC1. The molecule has 2 aromatic rings. The summed E-state index contributed by atoms with van der Waals surface area (Å²) < 4.78 is 14.8. The fourth-order valence-corrected chi connectivity index (χ4v) is 3.76. The van der Waals surface area contributed by atoms with E-state index in [9.17, 15) is 4.39 Å². The predicted molar refractivity (Wildman–Crippen MR) is 94.7 cm³/mol. The summed E-state index contributed by atoms with van der Waals surface area (Å²) in [6, 6.07) is 4.51. The Bertz CT molecular complexity index is 701. The first-order valence-corrected chi connectivity index (χ1v) is 9.12. The number of hydrogen-bond acceptors (Lipinski definition) is 5. The van der Waals surface area contributed by atoms with Gasteiger partial charge in [0.1, 0.15) is 12.1 Å². The molecule has 0 unspecified atom stereocenters. The number of piperidine rings is 1. The Morgan fingerprint density at radius 2 is 1.88 bits per heavy atom. The number of pyridine rings is 1. The highest BCUT2D eigenvalue weighted by Crippen LogP contribution is 2.35. The van der Waals surface area contributed by atoms with Crippen molar-refractivity contribution in [2.24, 2.45) is 0 Å². The fourth-order valence-electron chi connectivity index (χ4n) is 3.46. The molecule has 24 heavy (non-hydrogen) atoms. The average Bonchev–Trinajstić information content (AvgIpc) is 3.42. The van der Waals surface area contributed by atoms with Crippen LogP contribution in [-0.2, 0) is 0 Å². The number of anilines is 2. The molecule has 5 nitrogen and oxygen atoms in total. The lowest BCUT2D eigenvalue weighted by Gasteiger charge is -2.39. The van der Waals surface area contributed by atoms with E-state index in [0.717, 1.165) is 31.7 Å². The van der Waals surface area contributed by atoms with Gasteiger partial charge in [-0.3, -0.25) is 0 Å². The Kier molecular flexibility index (Phi) is 4.35. The molecule has 1 aliphatic carbocycles. The molecule has 0 amide bonds. The normalized spacial score (nSPS) is 18.7. The zero-order chi connectivity index (χ0) is 16.5. The van der Waals surface area contributed by atoms with Gasteiger partial charge in [0.25, 0.3) is 0 Å². The minimum atomic E-state index is -0.266. The van der Waals surface area contributed by atoms with Crippen LogP contribution in [0.4, 0.5) is 16.0 Å². The van der Waals surface area contributed by atoms with Crippen LogP contribution in [0.25, 0.3) is 0 Å². The predicted octanol–water partition coefficient (Wildman–Crippen LogP) is 3.41. The van der Waals surface area contributed by atoms with Crippen LogP contribution >= 0.6 is 15.9 Å². The second-order valence-electron chi connectivity index (χ2n) is 6.38. The first-order valence-electron chi connectivity index (χ1n) is 8.33. The van der Waals surface area contributed by atoms with Crippen LogP contribution in [0.15, 0.2) is 35.3 Å². The van der Waals surface area contributed by atoms with Crippen molar-refractivity contribution in [2.45, 2.75) is 37.8 Å². The van der Waals surface area contributed by atoms with Gasteiger partial charge in [-0.1, -0.05) is 0 Å². The van der Waals surface area contributed by atoms with E-state index in [1.165, 1.54) is 18.9 Å². The van der Waals surface area contributed by atoms with E-state index < -0.39 is 0 Å². The molecule has 2 aliphatic rings. The zero-order valence-electron chi connectivity index (χ0n) is 13.3. The quantitative estimate of drug-likeness (QED) is 0.798. The molecule has 0 N–H and O–H groups in total. The van der Waals surface area contributed by atoms with Crippen LogP contribution in [-0.4, -0.2) is 40.1 Å². The smallest absolute Gasteiger partial charge is 0.166 e. The van der Waals surface area contributed by atoms with Crippen molar-refractivity contribution < 1.29 is 4.39 Å². The standard InChI is InChI=1S/C17H19BrFN5/c18-12-9-15(19)17(21-10-12)23-7-4-14(5-8-23)24(13-1-2-13)16-3-6-20-11-22-16/h3,6,9-11,13-14H,1-2,4-5,7-8H2. The summed E-state index contributed by atoms with van der Waals surface area (Å²) in [5, 5.41) is 0. The first-order chi connectivity index (χ1) is 11.7. The van der Waals surface area contributed by atoms with Crippen molar-refractivity contribution in [3.8, 4) is 0 Å². The Balaban J connectivity index is 1.47. The fraction of sp³-hybridized carbons (Fsp3) is 0.471. The molecule has 0 radical (unpaired) electrons. The largest absolute Gasteiger partial charge is 0.354 e. The van der Waals surface area contributed by atoms with E-state index in [-0.39, 0.29) is 5.82 Å². The molecule has 7 heteroatoms. The second-order valence-corrected chi connectivity index (χ2v) is 7.30. The molecule has 1 saturated heterocycles. The van der Waals surface area contributed by atoms with Gasteiger partial charge < -0.3 is 9.80 Å². The number of halogens is 2. The van der Waals surface area contributed by atoms with Crippen LogP contribution in [0.1, 0.15) is 25.7 Å². The Hall–Kier alpha value is -1.76. The minimum absolute atomic E-state index is 0.266. The molecule has 126 valence electrons. The molecule has 2 aromatic heterocycles. The lowest BCUT2D eigenvalue weighted by molar-refractivity contribution is 0.452. The van der Waals surface area contributed by atoms with E-state index >= 15 is 0 Å². The van der Waals surface area contributed by atoms with Gasteiger partial charge in [-0.25, -0.2) is 19.3 Å². The summed E-state index contributed by atoms with van der Waals surface area (Å²) in [5.74, 6) is 1.20. The van der Waals surface area contributed by atoms with Crippen LogP contribution < -0.4 is 9.80 Å². The van der Waals surface area contributed by atoms with Crippen LogP contribution in [0.2, 0.25) is 0 Å². The average molecular weight is 392 g/mol. The van der Waals surface area contributed by atoms with Gasteiger partial charge in [-0.05, 0) is 53.7 Å². The third-order valence-electron chi connectivity index (χ3n) is 4.72. The van der Waals surface area contributed by atoms with Gasteiger partial charge in [0.05, 0.1) is 0 Å². The molecule has 0 atom stereocenters. The molecular formula is C17H19BrFN5. The molecule has 1 aliphatic heterocycles. The molecule has 1 saturated carbocycles. The molecule has 2 fully saturated rings. The summed E-state index contributed by atoms with van der Waals surface area (Å²) >= 11 is 3.26. The Labute approximate surface area is 149 Å². The van der Waals surface area contributed by atoms with Crippen molar-refractivity contribution in [3.63, 3.8) is 0 Å². The summed E-state index contributed by atoms with van der Waals surface area (Å²) in [7, 11) is 0. The summed E-state index contributed by atoms with van der Waals surface area (Å²) in [4.78, 5) is 17.2. The van der Waals surface area contributed by atoms with E-state index in [4.69, 9.17) is 0 Å². The van der Waals surface area contributed by atoms with Crippen LogP contribution in [0, 0.1) is 5.82 Å². The number of hydrogen-bond donors (Lipinski definition) is 0. The van der Waals surface area contributed by atoms with Crippen molar-refractivity contribution in [2.75, 3.05) is 22.9 Å². The summed E-state index contributed by atoms with van der Waals surface area (Å²) in [5.41, 5.74) is 0. The topological polar surface area (TPSA) is 45.2 Å². The van der Waals surface area contributed by atoms with Crippen molar-refractivity contribution in [1.29, 1.82) is 0 Å². The maximum Gasteiger partial charge on any atom is 0.166 e. The van der Waals surface area contributed by atoms with Crippen molar-refractivity contribution in [1.82, 2.24) is 15.0 Å². The van der Waals surface area contributed by atoms with E-state index in [1.54, 1.807) is 18.7 Å². The summed E-state index contributed by atoms with van der Waals surface area (Å²) in [6.45, 7) is 1.62. The van der Waals surface area contributed by atoms with Gasteiger partial charge in [0, 0.05) is 42.0 Å². The third kappa shape index (κ3) is 3.22. The Morgan fingerprint density at radius 3 is 2.50 bits per heavy atom. The first kappa shape index (κ1) is 15.7. The molecular weight excluding hydrogens is 373 g/mol. The van der Waals surface area contributed by atoms with Crippen molar-refractivity contribution >= 4 is 27.6 Å².